The van der Waals surface area contributed by atoms with Gasteiger partial charge in [0, 0.05) is 32.3 Å². The van der Waals surface area contributed by atoms with Crippen LogP contribution in [0, 0.1) is 0 Å². The Balaban J connectivity index is 1.60. The van der Waals surface area contributed by atoms with Gasteiger partial charge >= 0.3 is 5.97 Å². The van der Waals surface area contributed by atoms with Crippen LogP contribution >= 0.6 is 0 Å². The number of carbonyl (C=O) groups excluding carboxylic acids is 1. The van der Waals surface area contributed by atoms with Crippen LogP contribution in [0.1, 0.15) is 18.4 Å². The lowest BCUT2D eigenvalue weighted by atomic mass is 10.2. The topological polar surface area (TPSA) is 57.9 Å². The summed E-state index contributed by atoms with van der Waals surface area (Å²) in [7, 11) is 1.62. The van der Waals surface area contributed by atoms with Crippen molar-refractivity contribution in [2.24, 2.45) is 0 Å². The first kappa shape index (κ1) is 20.0. The highest BCUT2D eigenvalue weighted by molar-refractivity contribution is 5.73. The molecule has 0 bridgehead atoms. The number of methoxy groups -OCH3 is 1. The van der Waals surface area contributed by atoms with Crippen LogP contribution in [0.2, 0.25) is 0 Å². The minimum Gasteiger partial charge on any atom is -0.425 e. The van der Waals surface area contributed by atoms with Gasteiger partial charge in [-0.2, -0.15) is 0 Å². The van der Waals surface area contributed by atoms with E-state index in [1.165, 1.54) is 0 Å². The van der Waals surface area contributed by atoms with Crippen LogP contribution in [-0.4, -0.2) is 33.1 Å². The van der Waals surface area contributed by atoms with Crippen molar-refractivity contribution in [1.29, 1.82) is 0 Å². The maximum Gasteiger partial charge on any atom is 0.337 e. The summed E-state index contributed by atoms with van der Waals surface area (Å²) >= 11 is 0. The standard InChI is InChI=1S/C20H26NO5/c1-23-17-24-14-6-5-11-21-12-9-18(10-13-21)15-25-16-20(22)26-19-7-3-2-4-8-19/h2-4,7-10,12-13H,5-6,11,14-17H2,1H3/q+1. The smallest absolute Gasteiger partial charge is 0.337 e. The Bertz CT molecular complexity index is 630. The molecular weight excluding hydrogens is 334 g/mol. The largest absolute Gasteiger partial charge is 0.425 e. The molecule has 6 nitrogen and oxygen atoms in total. The molecule has 0 radical (unpaired) electrons. The van der Waals surface area contributed by atoms with Gasteiger partial charge in [-0.1, -0.05) is 18.2 Å². The van der Waals surface area contributed by atoms with Crippen molar-refractivity contribution in [3.8, 4) is 5.75 Å². The number of pyridine rings is 1. The van der Waals surface area contributed by atoms with Crippen LogP contribution in [0.3, 0.4) is 0 Å². The molecular formula is C20H26NO5+. The summed E-state index contributed by atoms with van der Waals surface area (Å²) in [6.45, 7) is 2.28. The summed E-state index contributed by atoms with van der Waals surface area (Å²) in [5, 5.41) is 0. The lowest BCUT2D eigenvalue weighted by Crippen LogP contribution is -2.32. The molecule has 0 spiro atoms. The second-order valence-corrected chi connectivity index (χ2v) is 5.75. The molecule has 0 aliphatic heterocycles. The molecule has 0 N–H and O–H groups in total. The van der Waals surface area contributed by atoms with E-state index in [1.54, 1.807) is 19.2 Å². The highest BCUT2D eigenvalue weighted by Gasteiger charge is 2.06. The number of hydrogen-bond acceptors (Lipinski definition) is 5. The summed E-state index contributed by atoms with van der Waals surface area (Å²) in [5.74, 6) is 0.118. The molecule has 6 heteroatoms. The van der Waals surface area contributed by atoms with Gasteiger partial charge in [-0.05, 0) is 24.1 Å². The zero-order valence-electron chi connectivity index (χ0n) is 15.1. The number of aryl methyl sites for hydroxylation is 1. The van der Waals surface area contributed by atoms with Gasteiger partial charge < -0.3 is 18.9 Å². The highest BCUT2D eigenvalue weighted by atomic mass is 16.7. The molecule has 2 rings (SSSR count). The highest BCUT2D eigenvalue weighted by Crippen LogP contribution is 2.08. The molecule has 0 aliphatic rings. The van der Waals surface area contributed by atoms with E-state index < -0.39 is 5.97 Å². The first-order chi connectivity index (χ1) is 12.8. The zero-order valence-corrected chi connectivity index (χ0v) is 15.1. The first-order valence-electron chi connectivity index (χ1n) is 8.66. The summed E-state index contributed by atoms with van der Waals surface area (Å²) in [6, 6.07) is 12.9. The number of rotatable bonds is 12. The third kappa shape index (κ3) is 8.20. The number of esters is 1. The van der Waals surface area contributed by atoms with E-state index in [2.05, 4.69) is 4.57 Å². The fourth-order valence-electron chi connectivity index (χ4n) is 2.28. The second-order valence-electron chi connectivity index (χ2n) is 5.75. The van der Waals surface area contributed by atoms with Crippen LogP contribution in [0.25, 0.3) is 0 Å². The SMILES string of the molecule is COCOCCCC[n+]1ccc(COCC(=O)Oc2ccccc2)cc1. The number of aromatic nitrogens is 1. The number of nitrogens with zero attached hydrogens (tertiary/aromatic N) is 1. The molecule has 0 unspecified atom stereocenters. The molecule has 0 amide bonds. The summed E-state index contributed by atoms with van der Waals surface area (Å²) < 4.78 is 22.8. The quantitative estimate of drug-likeness (QED) is 0.191. The molecule has 2 aromatic rings. The summed E-state index contributed by atoms with van der Waals surface area (Å²) in [4.78, 5) is 11.7. The van der Waals surface area contributed by atoms with Gasteiger partial charge in [-0.25, -0.2) is 9.36 Å². The lowest BCUT2D eigenvalue weighted by Gasteiger charge is -2.05. The number of ether oxygens (including phenoxy) is 4. The van der Waals surface area contributed by atoms with Crippen molar-refractivity contribution >= 4 is 5.97 Å². The fraction of sp³-hybridized carbons (Fsp3) is 0.400. The predicted molar refractivity (Wildman–Crippen MR) is 95.4 cm³/mol. The number of benzene rings is 1. The predicted octanol–water partition coefficient (Wildman–Crippen LogP) is 2.50. The van der Waals surface area contributed by atoms with Crippen molar-refractivity contribution in [3.05, 3.63) is 60.4 Å². The van der Waals surface area contributed by atoms with E-state index in [9.17, 15) is 4.79 Å². The molecule has 0 fully saturated rings. The first-order valence-corrected chi connectivity index (χ1v) is 8.66. The van der Waals surface area contributed by atoms with Crippen LogP contribution in [-0.2, 0) is 32.2 Å². The average molecular weight is 360 g/mol. The monoisotopic (exact) mass is 360 g/mol. The Morgan fingerprint density at radius 2 is 1.77 bits per heavy atom. The van der Waals surface area contributed by atoms with Crippen molar-refractivity contribution in [2.75, 3.05) is 27.1 Å². The maximum absolute atomic E-state index is 11.7. The average Bonchev–Trinajstić information content (AvgIpc) is 2.66. The number of hydrogen-bond donors (Lipinski definition) is 0. The number of unbranched alkanes of at least 4 members (excludes halogenated alkanes) is 1. The third-order valence-electron chi connectivity index (χ3n) is 3.58. The van der Waals surface area contributed by atoms with Crippen LogP contribution < -0.4 is 9.30 Å². The van der Waals surface area contributed by atoms with Gasteiger partial charge in [0.1, 0.15) is 25.7 Å². The minimum atomic E-state index is -0.405. The Kier molecular flexibility index (Phi) is 9.35. The van der Waals surface area contributed by atoms with E-state index in [4.69, 9.17) is 18.9 Å². The lowest BCUT2D eigenvalue weighted by molar-refractivity contribution is -0.697. The van der Waals surface area contributed by atoms with E-state index in [-0.39, 0.29) is 6.61 Å². The molecule has 0 saturated heterocycles. The number of carbonyl (C=O) groups is 1. The van der Waals surface area contributed by atoms with Gasteiger partial charge in [-0.15, -0.1) is 0 Å². The molecule has 26 heavy (non-hydrogen) atoms. The Labute approximate surface area is 154 Å². The van der Waals surface area contributed by atoms with Gasteiger partial charge in [0.15, 0.2) is 12.4 Å². The molecule has 0 atom stereocenters. The second kappa shape index (κ2) is 12.1. The van der Waals surface area contributed by atoms with Gasteiger partial charge in [0.25, 0.3) is 0 Å². The van der Waals surface area contributed by atoms with E-state index in [0.717, 1.165) is 24.9 Å². The van der Waals surface area contributed by atoms with Crippen molar-refractivity contribution in [3.63, 3.8) is 0 Å². The number of para-hydroxylation sites is 1. The Hall–Kier alpha value is -2.28. The molecule has 1 heterocycles. The van der Waals surface area contributed by atoms with Crippen molar-refractivity contribution in [1.82, 2.24) is 0 Å². The summed E-state index contributed by atoms with van der Waals surface area (Å²) in [6.07, 6.45) is 6.05. The van der Waals surface area contributed by atoms with Crippen LogP contribution in [0.5, 0.6) is 5.75 Å². The third-order valence-corrected chi connectivity index (χ3v) is 3.58. The van der Waals surface area contributed by atoms with E-state index in [0.29, 0.717) is 25.8 Å². The normalized spacial score (nSPS) is 10.7. The van der Waals surface area contributed by atoms with Gasteiger partial charge in [0.2, 0.25) is 0 Å². The molecule has 0 aliphatic carbocycles. The molecule has 140 valence electrons. The fourth-order valence-corrected chi connectivity index (χ4v) is 2.28. The van der Waals surface area contributed by atoms with Crippen LogP contribution in [0.4, 0.5) is 0 Å². The Morgan fingerprint density at radius 1 is 1.00 bits per heavy atom. The van der Waals surface area contributed by atoms with Crippen molar-refractivity contribution < 1.29 is 28.3 Å². The van der Waals surface area contributed by atoms with Crippen LogP contribution in [0.15, 0.2) is 54.9 Å². The maximum atomic E-state index is 11.7. The molecule has 1 aromatic carbocycles. The Morgan fingerprint density at radius 3 is 2.50 bits per heavy atom. The molecule has 1 aromatic heterocycles. The minimum absolute atomic E-state index is 0.0781. The van der Waals surface area contributed by atoms with E-state index in [1.807, 2.05) is 42.7 Å². The summed E-state index contributed by atoms with van der Waals surface area (Å²) in [5.41, 5.74) is 1.01. The van der Waals surface area contributed by atoms with Gasteiger partial charge in [0.05, 0.1) is 6.61 Å². The van der Waals surface area contributed by atoms with E-state index >= 15 is 0 Å². The zero-order chi connectivity index (χ0) is 18.5. The van der Waals surface area contributed by atoms with Gasteiger partial charge in [-0.3, -0.25) is 0 Å². The molecule has 0 saturated carbocycles. The van der Waals surface area contributed by atoms with Crippen molar-refractivity contribution in [2.45, 2.75) is 26.0 Å².